The summed E-state index contributed by atoms with van der Waals surface area (Å²) in [6.07, 6.45) is 1.33. The molecule has 2 rings (SSSR count). The second-order valence-corrected chi connectivity index (χ2v) is 2.93. The van der Waals surface area contributed by atoms with Crippen LogP contribution in [0.15, 0.2) is 35.1 Å². The van der Waals surface area contributed by atoms with E-state index >= 15 is 0 Å². The van der Waals surface area contributed by atoms with Crippen molar-refractivity contribution in [3.63, 3.8) is 0 Å². The highest BCUT2D eigenvalue weighted by atomic mass is 16.5. The Kier molecular flexibility index (Phi) is 2.94. The summed E-state index contributed by atoms with van der Waals surface area (Å²) in [4.78, 5) is 3.82. The van der Waals surface area contributed by atoms with Gasteiger partial charge in [-0.05, 0) is 17.7 Å². The maximum Gasteiger partial charge on any atom is 0.264 e. The maximum absolute atomic E-state index is 8.83. The van der Waals surface area contributed by atoms with E-state index in [1.807, 2.05) is 0 Å². The van der Waals surface area contributed by atoms with Crippen LogP contribution >= 0.6 is 0 Å². The summed E-state index contributed by atoms with van der Waals surface area (Å²) in [7, 11) is 0. The Morgan fingerprint density at radius 2 is 2.07 bits per heavy atom. The Hall–Kier alpha value is -1.88. The predicted octanol–water partition coefficient (Wildman–Crippen LogP) is 1.14. The van der Waals surface area contributed by atoms with Gasteiger partial charge in [0.15, 0.2) is 12.9 Å². The van der Waals surface area contributed by atoms with Crippen molar-refractivity contribution in [3.8, 4) is 5.75 Å². The highest BCUT2D eigenvalue weighted by molar-refractivity contribution is 5.26. The molecule has 0 atom stereocenters. The number of aliphatic hydroxyl groups is 1. The lowest BCUT2D eigenvalue weighted by Crippen LogP contribution is -1.95. The van der Waals surface area contributed by atoms with E-state index in [-0.39, 0.29) is 13.2 Å². The largest absolute Gasteiger partial charge is 0.484 e. The molecule has 1 N–H and O–H groups in total. The third kappa shape index (κ3) is 2.54. The number of hydrogen-bond donors (Lipinski definition) is 1. The van der Waals surface area contributed by atoms with Gasteiger partial charge in [-0.2, -0.15) is 4.98 Å². The quantitative estimate of drug-likeness (QED) is 0.812. The molecule has 15 heavy (non-hydrogen) atoms. The summed E-state index contributed by atoms with van der Waals surface area (Å²) >= 11 is 0. The van der Waals surface area contributed by atoms with E-state index < -0.39 is 0 Å². The molecule has 0 radical (unpaired) electrons. The highest BCUT2D eigenvalue weighted by Crippen LogP contribution is 2.13. The van der Waals surface area contributed by atoms with Gasteiger partial charge >= 0.3 is 0 Å². The second kappa shape index (κ2) is 4.56. The van der Waals surface area contributed by atoms with Crippen molar-refractivity contribution >= 4 is 0 Å². The minimum absolute atomic E-state index is 0.0317. The fourth-order valence-corrected chi connectivity index (χ4v) is 1.10. The Morgan fingerprint density at radius 3 is 2.67 bits per heavy atom. The summed E-state index contributed by atoms with van der Waals surface area (Å²) in [6, 6.07) is 7.15. The van der Waals surface area contributed by atoms with Gasteiger partial charge in [0, 0.05) is 0 Å². The monoisotopic (exact) mass is 206 g/mol. The first-order valence-electron chi connectivity index (χ1n) is 4.46. The average molecular weight is 206 g/mol. The Bertz CT molecular complexity index is 397. The lowest BCUT2D eigenvalue weighted by molar-refractivity contribution is 0.242. The van der Waals surface area contributed by atoms with Crippen LogP contribution in [-0.4, -0.2) is 15.2 Å². The van der Waals surface area contributed by atoms with Gasteiger partial charge in [-0.15, -0.1) is 0 Å². The molecule has 0 spiro atoms. The van der Waals surface area contributed by atoms with Gasteiger partial charge in [-0.3, -0.25) is 0 Å². The summed E-state index contributed by atoms with van der Waals surface area (Å²) < 4.78 is 10.1. The molecular formula is C10H10N2O3. The zero-order chi connectivity index (χ0) is 10.5. The van der Waals surface area contributed by atoms with Crippen molar-refractivity contribution in [2.75, 3.05) is 0 Å². The van der Waals surface area contributed by atoms with E-state index in [4.69, 9.17) is 14.4 Å². The van der Waals surface area contributed by atoms with Crippen LogP contribution in [0.1, 0.15) is 11.5 Å². The van der Waals surface area contributed by atoms with Crippen molar-refractivity contribution in [2.24, 2.45) is 0 Å². The first-order chi connectivity index (χ1) is 7.38. The van der Waals surface area contributed by atoms with Crippen molar-refractivity contribution in [1.29, 1.82) is 0 Å². The van der Waals surface area contributed by atoms with Gasteiger partial charge in [0.1, 0.15) is 5.75 Å². The number of aliphatic hydroxyl groups excluding tert-OH is 1. The standard InChI is InChI=1S/C10H10N2O3/c13-5-8-1-3-9(4-2-8)14-6-10-11-7-12-15-10/h1-4,7,13H,5-6H2. The number of ether oxygens (including phenoxy) is 1. The lowest BCUT2D eigenvalue weighted by atomic mass is 10.2. The third-order valence-corrected chi connectivity index (χ3v) is 1.88. The highest BCUT2D eigenvalue weighted by Gasteiger charge is 2.00. The molecule has 1 heterocycles. The molecule has 0 unspecified atom stereocenters. The molecule has 2 aromatic rings. The van der Waals surface area contributed by atoms with Crippen LogP contribution in [0.25, 0.3) is 0 Å². The van der Waals surface area contributed by atoms with Gasteiger partial charge < -0.3 is 14.4 Å². The number of hydrogen-bond acceptors (Lipinski definition) is 5. The molecule has 5 heteroatoms. The summed E-state index contributed by atoms with van der Waals surface area (Å²) in [6.45, 7) is 0.280. The molecule has 0 saturated heterocycles. The lowest BCUT2D eigenvalue weighted by Gasteiger charge is -2.03. The van der Waals surface area contributed by atoms with E-state index in [1.165, 1.54) is 6.33 Å². The van der Waals surface area contributed by atoms with Crippen LogP contribution in [-0.2, 0) is 13.2 Å². The van der Waals surface area contributed by atoms with E-state index in [9.17, 15) is 0 Å². The van der Waals surface area contributed by atoms with Crippen molar-refractivity contribution in [1.82, 2.24) is 10.1 Å². The van der Waals surface area contributed by atoms with E-state index in [1.54, 1.807) is 24.3 Å². The van der Waals surface area contributed by atoms with Crippen LogP contribution in [0.4, 0.5) is 0 Å². The van der Waals surface area contributed by atoms with Gasteiger partial charge in [0.2, 0.25) is 0 Å². The molecule has 1 aromatic heterocycles. The van der Waals surface area contributed by atoms with Gasteiger partial charge in [-0.25, -0.2) is 0 Å². The van der Waals surface area contributed by atoms with E-state index in [0.29, 0.717) is 11.6 Å². The van der Waals surface area contributed by atoms with Crippen LogP contribution < -0.4 is 4.74 Å². The number of aromatic nitrogens is 2. The number of rotatable bonds is 4. The SMILES string of the molecule is OCc1ccc(OCc2ncno2)cc1. The molecule has 0 aliphatic carbocycles. The molecule has 0 amide bonds. The first-order valence-corrected chi connectivity index (χ1v) is 4.46. The molecule has 5 nitrogen and oxygen atoms in total. The third-order valence-electron chi connectivity index (χ3n) is 1.88. The molecule has 0 fully saturated rings. The minimum Gasteiger partial charge on any atom is -0.484 e. The zero-order valence-corrected chi connectivity index (χ0v) is 7.96. The Balaban J connectivity index is 1.93. The molecular weight excluding hydrogens is 196 g/mol. The summed E-state index contributed by atoms with van der Waals surface area (Å²) in [5.41, 5.74) is 0.847. The maximum atomic E-state index is 8.83. The normalized spacial score (nSPS) is 10.2. The van der Waals surface area contributed by atoms with Crippen LogP contribution in [0.2, 0.25) is 0 Å². The molecule has 1 aromatic carbocycles. The summed E-state index contributed by atoms with van der Waals surface area (Å²) in [5.74, 6) is 1.13. The minimum atomic E-state index is 0.0317. The van der Waals surface area contributed by atoms with Gasteiger partial charge in [-0.1, -0.05) is 17.3 Å². The smallest absolute Gasteiger partial charge is 0.264 e. The predicted molar refractivity (Wildman–Crippen MR) is 51.0 cm³/mol. The number of nitrogens with zero attached hydrogens (tertiary/aromatic N) is 2. The van der Waals surface area contributed by atoms with Crippen molar-refractivity contribution < 1.29 is 14.4 Å². The van der Waals surface area contributed by atoms with E-state index in [0.717, 1.165) is 5.56 Å². The van der Waals surface area contributed by atoms with Crippen LogP contribution in [0.3, 0.4) is 0 Å². The molecule has 0 aliphatic heterocycles. The molecule has 0 bridgehead atoms. The number of benzene rings is 1. The van der Waals surface area contributed by atoms with Crippen molar-refractivity contribution in [2.45, 2.75) is 13.2 Å². The van der Waals surface area contributed by atoms with Crippen LogP contribution in [0.5, 0.6) is 5.75 Å². The topological polar surface area (TPSA) is 68.4 Å². The molecule has 0 aliphatic rings. The Morgan fingerprint density at radius 1 is 1.27 bits per heavy atom. The average Bonchev–Trinajstić information content (AvgIpc) is 2.80. The first kappa shape index (κ1) is 9.67. The van der Waals surface area contributed by atoms with E-state index in [2.05, 4.69) is 10.1 Å². The molecule has 78 valence electrons. The fourth-order valence-electron chi connectivity index (χ4n) is 1.10. The second-order valence-electron chi connectivity index (χ2n) is 2.93. The Labute approximate surface area is 86.3 Å². The van der Waals surface area contributed by atoms with Crippen LogP contribution in [0, 0.1) is 0 Å². The molecule has 0 saturated carbocycles. The van der Waals surface area contributed by atoms with Crippen molar-refractivity contribution in [3.05, 3.63) is 42.0 Å². The fraction of sp³-hybridized carbons (Fsp3) is 0.200. The summed E-state index contributed by atoms with van der Waals surface area (Å²) in [5, 5.41) is 12.3. The van der Waals surface area contributed by atoms with Gasteiger partial charge in [0.25, 0.3) is 5.89 Å². The van der Waals surface area contributed by atoms with Gasteiger partial charge in [0.05, 0.1) is 6.61 Å². The zero-order valence-electron chi connectivity index (χ0n) is 7.96.